The summed E-state index contributed by atoms with van der Waals surface area (Å²) >= 11 is 0. The van der Waals surface area contributed by atoms with Crippen LogP contribution in [-0.4, -0.2) is 5.48 Å². The van der Waals surface area contributed by atoms with Crippen molar-refractivity contribution < 1.29 is 49.4 Å². The molecule has 1 aromatic rings. The van der Waals surface area contributed by atoms with Gasteiger partial charge >= 0.3 is 0 Å². The number of halogens is 2. The van der Waals surface area contributed by atoms with E-state index in [2.05, 4.69) is 9.97 Å². The summed E-state index contributed by atoms with van der Waals surface area (Å²) in [5.41, 5.74) is 0. The van der Waals surface area contributed by atoms with Gasteiger partial charge in [0.15, 0.2) is 0 Å². The van der Waals surface area contributed by atoms with E-state index in [-0.39, 0.29) is 39.4 Å². The summed E-state index contributed by atoms with van der Waals surface area (Å²) in [7, 11) is 0. The number of aromatic nitrogens is 2. The van der Waals surface area contributed by atoms with E-state index in [0.29, 0.717) is 0 Å². The third-order valence-corrected chi connectivity index (χ3v) is 0.552. The van der Waals surface area contributed by atoms with Crippen LogP contribution in [0.5, 0.6) is 0 Å². The molecule has 0 atom stereocenters. The SMILES string of the molecule is O.[Br-].[Br-].c1c[nH+]cc[nH+]1. The second-order valence-electron chi connectivity index (χ2n) is 1.00. The van der Waals surface area contributed by atoms with Crippen LogP contribution in [0.15, 0.2) is 24.8 Å². The molecule has 0 spiro atoms. The number of H-pyrrole nitrogens is 2. The molecule has 0 aliphatic rings. The Kier molecular flexibility index (Phi) is 19.4. The molecular formula is C4H8Br2N2O. The Morgan fingerprint density at radius 2 is 0.889 bits per heavy atom. The minimum Gasteiger partial charge on any atom is -1.00 e. The third kappa shape index (κ3) is 8.00. The highest BCUT2D eigenvalue weighted by Gasteiger charge is 1.74. The molecule has 1 rings (SSSR count). The predicted octanol–water partition coefficient (Wildman–Crippen LogP) is -7.50. The average Bonchev–Trinajstić information content (AvgIpc) is 1.72. The van der Waals surface area contributed by atoms with Crippen LogP contribution in [0.3, 0.4) is 0 Å². The van der Waals surface area contributed by atoms with Gasteiger partial charge in [-0.05, 0) is 0 Å². The maximum atomic E-state index is 2.86. The Balaban J connectivity index is -0.000000120. The highest BCUT2D eigenvalue weighted by atomic mass is 79.9. The van der Waals surface area contributed by atoms with Gasteiger partial charge in [0.05, 0.1) is 0 Å². The van der Waals surface area contributed by atoms with E-state index in [0.717, 1.165) is 0 Å². The van der Waals surface area contributed by atoms with Gasteiger partial charge in [-0.3, -0.25) is 0 Å². The van der Waals surface area contributed by atoms with E-state index in [1.807, 2.05) is 24.8 Å². The fourth-order valence-electron chi connectivity index (χ4n) is 0.304. The number of nitrogens with one attached hydrogen (secondary N) is 2. The molecule has 4 N–H and O–H groups in total. The Morgan fingerprint density at radius 3 is 1.00 bits per heavy atom. The molecule has 0 bridgehead atoms. The zero-order chi connectivity index (χ0) is 4.24. The Hall–Kier alpha value is -0.000000000000000111. The molecule has 1 aromatic heterocycles. The largest absolute Gasteiger partial charge is 1.00 e. The van der Waals surface area contributed by atoms with Crippen LogP contribution in [0.2, 0.25) is 0 Å². The smallest absolute Gasteiger partial charge is 0.231 e. The number of hydrogen-bond donors (Lipinski definition) is 0. The molecule has 1 heterocycles. The fourth-order valence-corrected chi connectivity index (χ4v) is 0.304. The van der Waals surface area contributed by atoms with Crippen LogP contribution in [0.1, 0.15) is 0 Å². The van der Waals surface area contributed by atoms with Gasteiger partial charge in [-0.1, -0.05) is 0 Å². The van der Waals surface area contributed by atoms with E-state index >= 15 is 0 Å². The molecule has 0 aromatic carbocycles. The molecule has 0 radical (unpaired) electrons. The van der Waals surface area contributed by atoms with Gasteiger partial charge in [0.2, 0.25) is 24.8 Å². The highest BCUT2D eigenvalue weighted by molar-refractivity contribution is 4.47. The summed E-state index contributed by atoms with van der Waals surface area (Å²) in [4.78, 5) is 5.72. The maximum absolute atomic E-state index is 2.86. The molecular weight excluding hydrogens is 252 g/mol. The van der Waals surface area contributed by atoms with Crippen molar-refractivity contribution in [2.75, 3.05) is 0 Å². The summed E-state index contributed by atoms with van der Waals surface area (Å²) in [6, 6.07) is 0. The Bertz CT molecular complexity index is 88.5. The minimum absolute atomic E-state index is 0. The third-order valence-electron chi connectivity index (χ3n) is 0.552. The minimum atomic E-state index is 0. The zero-order valence-electron chi connectivity index (χ0n) is 4.57. The van der Waals surface area contributed by atoms with Crippen molar-refractivity contribution in [3.63, 3.8) is 0 Å². The Morgan fingerprint density at radius 1 is 0.667 bits per heavy atom. The molecule has 0 saturated carbocycles. The van der Waals surface area contributed by atoms with Crippen LogP contribution in [-0.2, 0) is 0 Å². The summed E-state index contributed by atoms with van der Waals surface area (Å²) in [6.07, 6.45) is 7.28. The second-order valence-corrected chi connectivity index (χ2v) is 1.00. The summed E-state index contributed by atoms with van der Waals surface area (Å²) in [5.74, 6) is 0. The first kappa shape index (κ1) is 16.0. The van der Waals surface area contributed by atoms with Crippen molar-refractivity contribution in [3.8, 4) is 0 Å². The quantitative estimate of drug-likeness (QED) is 0.445. The number of hydrogen-bond acceptors (Lipinski definition) is 0. The first-order valence-corrected chi connectivity index (χ1v) is 1.82. The summed E-state index contributed by atoms with van der Waals surface area (Å²) in [5, 5.41) is 0. The predicted molar refractivity (Wildman–Crippen MR) is 23.2 cm³/mol. The van der Waals surface area contributed by atoms with Gasteiger partial charge in [0, 0.05) is 0 Å². The molecule has 0 unspecified atom stereocenters. The van der Waals surface area contributed by atoms with E-state index in [9.17, 15) is 0 Å². The normalized spacial score (nSPS) is 5.33. The molecule has 0 aliphatic carbocycles. The lowest BCUT2D eigenvalue weighted by molar-refractivity contribution is -0.447. The van der Waals surface area contributed by atoms with Gasteiger partial charge in [-0.25, -0.2) is 9.97 Å². The van der Waals surface area contributed by atoms with Crippen LogP contribution in [0.25, 0.3) is 0 Å². The topological polar surface area (TPSA) is 59.8 Å². The first-order chi connectivity index (χ1) is 3.00. The molecule has 54 valence electrons. The molecule has 0 amide bonds. The lowest BCUT2D eigenvalue weighted by Gasteiger charge is -1.57. The van der Waals surface area contributed by atoms with Crippen molar-refractivity contribution in [1.29, 1.82) is 0 Å². The lowest BCUT2D eigenvalue weighted by atomic mass is 10.8. The number of aromatic amines is 2. The van der Waals surface area contributed by atoms with Gasteiger partial charge in [-0.15, -0.1) is 0 Å². The van der Waals surface area contributed by atoms with Crippen molar-refractivity contribution in [2.45, 2.75) is 0 Å². The second kappa shape index (κ2) is 10.9. The van der Waals surface area contributed by atoms with Crippen LogP contribution >= 0.6 is 0 Å². The summed E-state index contributed by atoms with van der Waals surface area (Å²) in [6.45, 7) is 0. The first-order valence-electron chi connectivity index (χ1n) is 1.82. The van der Waals surface area contributed by atoms with E-state index in [1.54, 1.807) is 0 Å². The fraction of sp³-hybridized carbons (Fsp3) is 0. The average molecular weight is 260 g/mol. The van der Waals surface area contributed by atoms with Gasteiger partial charge in [0.1, 0.15) is 0 Å². The van der Waals surface area contributed by atoms with E-state index < -0.39 is 0 Å². The van der Waals surface area contributed by atoms with Gasteiger partial charge in [0.25, 0.3) is 0 Å². The van der Waals surface area contributed by atoms with Crippen molar-refractivity contribution in [3.05, 3.63) is 24.8 Å². The maximum Gasteiger partial charge on any atom is 0.231 e. The van der Waals surface area contributed by atoms with Crippen molar-refractivity contribution in [2.24, 2.45) is 0 Å². The molecule has 9 heavy (non-hydrogen) atoms. The zero-order valence-corrected chi connectivity index (χ0v) is 7.74. The molecule has 3 nitrogen and oxygen atoms in total. The molecule has 0 fully saturated rings. The van der Waals surface area contributed by atoms with Gasteiger partial charge in [-0.2, -0.15) is 0 Å². The Labute approximate surface area is 74.4 Å². The van der Waals surface area contributed by atoms with Crippen LogP contribution < -0.4 is 43.9 Å². The molecule has 0 aliphatic heterocycles. The van der Waals surface area contributed by atoms with Crippen molar-refractivity contribution in [1.82, 2.24) is 0 Å². The van der Waals surface area contributed by atoms with Gasteiger partial charge < -0.3 is 39.4 Å². The highest BCUT2D eigenvalue weighted by Crippen LogP contribution is 1.49. The molecule has 5 heteroatoms. The van der Waals surface area contributed by atoms with Crippen LogP contribution in [0.4, 0.5) is 0 Å². The van der Waals surface area contributed by atoms with E-state index in [4.69, 9.17) is 0 Å². The van der Waals surface area contributed by atoms with Crippen LogP contribution in [0, 0.1) is 0 Å². The monoisotopic (exact) mass is 258 g/mol. The standard InChI is InChI=1S/C4H4N2.2BrH.H2O/c1-2-6-4-3-5-1;;;/h1-4H;2*1H;1H2. The van der Waals surface area contributed by atoms with E-state index in [1.165, 1.54) is 0 Å². The summed E-state index contributed by atoms with van der Waals surface area (Å²) < 4.78 is 0. The lowest BCUT2D eigenvalue weighted by Crippen LogP contribution is -3.00. The number of rotatable bonds is 0. The molecule has 0 saturated heterocycles. The van der Waals surface area contributed by atoms with Crippen molar-refractivity contribution >= 4 is 0 Å².